The molecule has 1 aliphatic heterocycles. The van der Waals surface area contributed by atoms with Gasteiger partial charge in [-0.05, 0) is 61.8 Å². The molecule has 0 amide bonds. The van der Waals surface area contributed by atoms with Crippen LogP contribution in [0.3, 0.4) is 0 Å². The molecule has 2 atom stereocenters. The van der Waals surface area contributed by atoms with Crippen molar-refractivity contribution < 1.29 is 14.8 Å². The lowest BCUT2D eigenvalue weighted by atomic mass is 9.64. The Kier molecular flexibility index (Phi) is 6.70. The average molecular weight is 335 g/mol. The van der Waals surface area contributed by atoms with Crippen molar-refractivity contribution in [2.45, 2.75) is 65.5 Å². The molecule has 0 aromatic heterocycles. The fraction of sp³-hybridized carbons (Fsp3) is 0.714. The molecule has 1 fully saturated rings. The molecule has 0 spiro atoms. The molecule has 136 valence electrons. The van der Waals surface area contributed by atoms with Gasteiger partial charge < -0.3 is 14.8 Å². The minimum atomic E-state index is 0.0680. The highest BCUT2D eigenvalue weighted by molar-refractivity contribution is 5.26. The molecule has 0 radical (unpaired) electrons. The predicted molar refractivity (Wildman–Crippen MR) is 99.3 cm³/mol. The lowest BCUT2D eigenvalue weighted by Crippen LogP contribution is -2.83. The number of hydrogen-bond donors (Lipinski definition) is 1. The minimum absolute atomic E-state index is 0.0680. The Labute approximate surface area is 148 Å². The van der Waals surface area contributed by atoms with Crippen molar-refractivity contribution in [3.05, 3.63) is 29.8 Å². The van der Waals surface area contributed by atoms with Gasteiger partial charge in [0.05, 0.1) is 19.3 Å². The van der Waals surface area contributed by atoms with Crippen LogP contribution in [0.4, 0.5) is 0 Å². The van der Waals surface area contributed by atoms with Gasteiger partial charge >= 0.3 is 0 Å². The van der Waals surface area contributed by atoms with Gasteiger partial charge in [0.1, 0.15) is 12.3 Å². The zero-order chi connectivity index (χ0) is 17.6. The second-order valence-corrected chi connectivity index (χ2v) is 7.98. The van der Waals surface area contributed by atoms with Gasteiger partial charge in [0, 0.05) is 18.6 Å². The lowest BCUT2D eigenvalue weighted by Gasteiger charge is -2.48. The van der Waals surface area contributed by atoms with Crippen LogP contribution in [0.15, 0.2) is 24.3 Å². The number of hydrogen-bond acceptors (Lipinski definition) is 2. The van der Waals surface area contributed by atoms with E-state index in [1.807, 2.05) is 12.1 Å². The maximum Gasteiger partial charge on any atom is 0.118 e. The molecule has 0 bridgehead atoms. The molecular formula is C21H36NO2+. The summed E-state index contributed by atoms with van der Waals surface area (Å²) in [5.41, 5.74) is 1.86. The van der Waals surface area contributed by atoms with Crippen LogP contribution in [0.5, 0.6) is 5.75 Å². The third kappa shape index (κ3) is 4.73. The summed E-state index contributed by atoms with van der Waals surface area (Å²) in [5, 5.41) is 2.45. The summed E-state index contributed by atoms with van der Waals surface area (Å²) in [6.45, 7) is 12.5. The molecule has 0 aliphatic carbocycles. The predicted octanol–water partition coefficient (Wildman–Crippen LogP) is 3.77. The first kappa shape index (κ1) is 19.3. The van der Waals surface area contributed by atoms with Crippen LogP contribution in [-0.2, 0) is 11.3 Å². The molecule has 24 heavy (non-hydrogen) atoms. The molecule has 3 nitrogen and oxygen atoms in total. The summed E-state index contributed by atoms with van der Waals surface area (Å²) in [5.74, 6) is 1.64. The second kappa shape index (κ2) is 8.35. The molecule has 0 saturated carbocycles. The van der Waals surface area contributed by atoms with Crippen LogP contribution >= 0.6 is 0 Å². The standard InChI is InChI=1S/C21H35NO2/c1-6-20(4)16-21(17(2)3,12-14-24-20)11-13-22-15-18-7-9-19(23-5)10-8-18/h7-10,17,22H,6,11-16H2,1-5H3/p+1/t20-,21-/m0/s1. The SMILES string of the molecule is CC[C@@]1(C)C[C@@](CC[NH2+]Cc2ccc(OC)cc2)(C(C)C)CCO1. The maximum absolute atomic E-state index is 6.10. The van der Waals surface area contributed by atoms with E-state index < -0.39 is 0 Å². The zero-order valence-electron chi connectivity index (χ0n) is 16.2. The summed E-state index contributed by atoms with van der Waals surface area (Å²) in [6, 6.07) is 8.42. The number of ether oxygens (including phenoxy) is 2. The van der Waals surface area contributed by atoms with Crippen LogP contribution in [0.1, 0.15) is 58.9 Å². The van der Waals surface area contributed by atoms with Gasteiger partial charge in [0.2, 0.25) is 0 Å². The van der Waals surface area contributed by atoms with Crippen molar-refractivity contribution in [3.8, 4) is 5.75 Å². The number of rotatable bonds is 8. The Morgan fingerprint density at radius 1 is 1.25 bits per heavy atom. The largest absolute Gasteiger partial charge is 0.497 e. The molecule has 2 N–H and O–H groups in total. The van der Waals surface area contributed by atoms with Gasteiger partial charge in [-0.15, -0.1) is 0 Å². The van der Waals surface area contributed by atoms with Gasteiger partial charge in [0.25, 0.3) is 0 Å². The molecule has 1 aliphatic rings. The monoisotopic (exact) mass is 334 g/mol. The Bertz CT molecular complexity index is 499. The number of nitrogens with two attached hydrogens (primary N) is 1. The normalized spacial score (nSPS) is 27.4. The van der Waals surface area contributed by atoms with Crippen LogP contribution in [0.25, 0.3) is 0 Å². The van der Waals surface area contributed by atoms with Crippen molar-refractivity contribution in [3.63, 3.8) is 0 Å². The van der Waals surface area contributed by atoms with E-state index in [1.54, 1.807) is 7.11 Å². The number of quaternary nitrogens is 1. The van der Waals surface area contributed by atoms with Gasteiger partial charge in [0.15, 0.2) is 0 Å². The van der Waals surface area contributed by atoms with E-state index in [-0.39, 0.29) is 5.60 Å². The minimum Gasteiger partial charge on any atom is -0.497 e. The Morgan fingerprint density at radius 2 is 1.96 bits per heavy atom. The fourth-order valence-electron chi connectivity index (χ4n) is 4.03. The first-order valence-electron chi connectivity index (χ1n) is 9.51. The van der Waals surface area contributed by atoms with Crippen LogP contribution in [-0.4, -0.2) is 25.9 Å². The first-order valence-corrected chi connectivity index (χ1v) is 9.51. The van der Waals surface area contributed by atoms with E-state index in [0.29, 0.717) is 11.3 Å². The number of benzene rings is 1. The molecule has 1 aromatic carbocycles. The van der Waals surface area contributed by atoms with Gasteiger partial charge in [-0.3, -0.25) is 0 Å². The van der Waals surface area contributed by atoms with Crippen molar-refractivity contribution in [2.75, 3.05) is 20.3 Å². The summed E-state index contributed by atoms with van der Waals surface area (Å²) in [4.78, 5) is 0. The molecule has 1 aromatic rings. The highest BCUT2D eigenvalue weighted by Crippen LogP contribution is 2.47. The zero-order valence-corrected chi connectivity index (χ0v) is 16.2. The average Bonchev–Trinajstić information content (AvgIpc) is 2.59. The first-order chi connectivity index (χ1) is 11.4. The van der Waals surface area contributed by atoms with E-state index in [4.69, 9.17) is 9.47 Å². The topological polar surface area (TPSA) is 35.1 Å². The van der Waals surface area contributed by atoms with E-state index in [9.17, 15) is 0 Å². The third-order valence-electron chi connectivity index (χ3n) is 6.13. The summed E-state index contributed by atoms with van der Waals surface area (Å²) in [6.07, 6.45) is 4.79. The van der Waals surface area contributed by atoms with Gasteiger partial charge in [-0.25, -0.2) is 0 Å². The van der Waals surface area contributed by atoms with Gasteiger partial charge in [-0.1, -0.05) is 20.8 Å². The molecule has 3 heteroatoms. The highest BCUT2D eigenvalue weighted by atomic mass is 16.5. The molecule has 0 unspecified atom stereocenters. The molecule has 2 rings (SSSR count). The van der Waals surface area contributed by atoms with Crippen LogP contribution in [0.2, 0.25) is 0 Å². The highest BCUT2D eigenvalue weighted by Gasteiger charge is 2.44. The lowest BCUT2D eigenvalue weighted by molar-refractivity contribution is -0.672. The van der Waals surface area contributed by atoms with Crippen molar-refractivity contribution in [1.29, 1.82) is 0 Å². The maximum atomic E-state index is 6.10. The molecule has 1 heterocycles. The summed E-state index contributed by atoms with van der Waals surface area (Å²) < 4.78 is 11.3. The Morgan fingerprint density at radius 3 is 2.54 bits per heavy atom. The third-order valence-corrected chi connectivity index (χ3v) is 6.13. The van der Waals surface area contributed by atoms with Gasteiger partial charge in [-0.2, -0.15) is 0 Å². The second-order valence-electron chi connectivity index (χ2n) is 7.98. The fourth-order valence-corrected chi connectivity index (χ4v) is 4.03. The van der Waals surface area contributed by atoms with E-state index in [1.165, 1.54) is 31.4 Å². The number of methoxy groups -OCH3 is 1. The Balaban J connectivity index is 1.87. The van der Waals surface area contributed by atoms with Crippen molar-refractivity contribution in [1.82, 2.24) is 0 Å². The van der Waals surface area contributed by atoms with Crippen molar-refractivity contribution >= 4 is 0 Å². The summed E-state index contributed by atoms with van der Waals surface area (Å²) in [7, 11) is 1.71. The van der Waals surface area contributed by atoms with Crippen LogP contribution < -0.4 is 10.1 Å². The van der Waals surface area contributed by atoms with Crippen molar-refractivity contribution in [2.24, 2.45) is 11.3 Å². The smallest absolute Gasteiger partial charge is 0.118 e. The molecular weight excluding hydrogens is 298 g/mol. The summed E-state index contributed by atoms with van der Waals surface area (Å²) >= 11 is 0. The molecule has 1 saturated heterocycles. The van der Waals surface area contributed by atoms with E-state index >= 15 is 0 Å². The Hall–Kier alpha value is -1.06. The quantitative estimate of drug-likeness (QED) is 0.735. The van der Waals surface area contributed by atoms with E-state index in [2.05, 4.69) is 45.1 Å². The van der Waals surface area contributed by atoms with Crippen LogP contribution in [0, 0.1) is 11.3 Å². The van der Waals surface area contributed by atoms with E-state index in [0.717, 1.165) is 25.3 Å².